The number of ether oxygens (including phenoxy) is 1. The van der Waals surface area contributed by atoms with E-state index in [1.807, 2.05) is 6.07 Å². The molecule has 0 saturated heterocycles. The quantitative estimate of drug-likeness (QED) is 0.345. The molecule has 0 spiro atoms. The Morgan fingerprint density at radius 3 is 1.55 bits per heavy atom. The van der Waals surface area contributed by atoms with Crippen LogP contribution in [0.15, 0.2) is 36.4 Å². The van der Waals surface area contributed by atoms with Gasteiger partial charge in [-0.1, -0.05) is 113 Å². The average molecular weight is 451 g/mol. The van der Waals surface area contributed by atoms with Crippen LogP contribution in [0.4, 0.5) is 0 Å². The van der Waals surface area contributed by atoms with Crippen molar-refractivity contribution in [3.8, 4) is 5.75 Å². The summed E-state index contributed by atoms with van der Waals surface area (Å²) in [4.78, 5) is 12.9. The standard InChI is InChI=1S/C31H46O2/c1-28(2,3)22-15-13-21(24(19-22)30(7,8)9)14-18-27(32)33-26-17-16-23(29(4,5)6)20-25(26)31(10,11)12/h13,15-17,19-20H,14,18H2,1-12H3. The third kappa shape index (κ3) is 7.19. The van der Waals surface area contributed by atoms with E-state index >= 15 is 0 Å². The van der Waals surface area contributed by atoms with Crippen molar-refractivity contribution in [3.05, 3.63) is 64.2 Å². The number of hydrogen-bond acceptors (Lipinski definition) is 2. The van der Waals surface area contributed by atoms with Gasteiger partial charge in [0.15, 0.2) is 0 Å². The molecule has 33 heavy (non-hydrogen) atoms. The molecule has 2 aromatic carbocycles. The van der Waals surface area contributed by atoms with E-state index in [1.165, 1.54) is 22.3 Å². The summed E-state index contributed by atoms with van der Waals surface area (Å²) in [6.45, 7) is 26.6. The van der Waals surface area contributed by atoms with Crippen molar-refractivity contribution in [2.45, 2.75) is 118 Å². The summed E-state index contributed by atoms with van der Waals surface area (Å²) in [6, 6.07) is 13.0. The first-order valence-electron chi connectivity index (χ1n) is 12.3. The smallest absolute Gasteiger partial charge is 0.311 e. The van der Waals surface area contributed by atoms with E-state index in [0.717, 1.165) is 5.56 Å². The Morgan fingerprint density at radius 1 is 0.636 bits per heavy atom. The van der Waals surface area contributed by atoms with E-state index < -0.39 is 0 Å². The molecule has 2 aromatic rings. The van der Waals surface area contributed by atoms with Crippen LogP contribution in [0, 0.1) is 0 Å². The molecule has 0 radical (unpaired) electrons. The lowest BCUT2D eigenvalue weighted by molar-refractivity contribution is -0.134. The second kappa shape index (κ2) is 9.28. The molecule has 0 bridgehead atoms. The number of carbonyl (C=O) groups is 1. The summed E-state index contributed by atoms with van der Waals surface area (Å²) >= 11 is 0. The van der Waals surface area contributed by atoms with Gasteiger partial charge in [-0.05, 0) is 56.4 Å². The highest BCUT2D eigenvalue weighted by Gasteiger charge is 2.25. The molecule has 2 rings (SSSR count). The Balaban J connectivity index is 2.26. The lowest BCUT2D eigenvalue weighted by atomic mass is 9.78. The lowest BCUT2D eigenvalue weighted by Crippen LogP contribution is -2.20. The molecule has 0 unspecified atom stereocenters. The molecule has 0 N–H and O–H groups in total. The molecule has 2 nitrogen and oxygen atoms in total. The van der Waals surface area contributed by atoms with Crippen LogP contribution >= 0.6 is 0 Å². The maximum absolute atomic E-state index is 12.9. The fraction of sp³-hybridized carbons (Fsp3) is 0.581. The fourth-order valence-electron chi connectivity index (χ4n) is 4.04. The van der Waals surface area contributed by atoms with Crippen molar-refractivity contribution in [2.75, 3.05) is 0 Å². The van der Waals surface area contributed by atoms with Gasteiger partial charge >= 0.3 is 5.97 Å². The van der Waals surface area contributed by atoms with Gasteiger partial charge in [-0.25, -0.2) is 0 Å². The molecule has 0 heterocycles. The molecular weight excluding hydrogens is 404 g/mol. The van der Waals surface area contributed by atoms with Crippen molar-refractivity contribution in [3.63, 3.8) is 0 Å². The van der Waals surface area contributed by atoms with Gasteiger partial charge in [-0.2, -0.15) is 0 Å². The number of carbonyl (C=O) groups excluding carboxylic acids is 1. The topological polar surface area (TPSA) is 26.3 Å². The van der Waals surface area contributed by atoms with E-state index in [-0.39, 0.29) is 27.6 Å². The normalized spacial score (nSPS) is 13.2. The van der Waals surface area contributed by atoms with Gasteiger partial charge in [0, 0.05) is 12.0 Å². The minimum Gasteiger partial charge on any atom is -0.426 e. The zero-order chi connectivity index (χ0) is 25.4. The second-order valence-electron chi connectivity index (χ2n) is 13.6. The third-order valence-electron chi connectivity index (χ3n) is 6.26. The molecule has 0 atom stereocenters. The van der Waals surface area contributed by atoms with Crippen LogP contribution in [-0.2, 0) is 32.9 Å². The first-order valence-corrected chi connectivity index (χ1v) is 12.3. The number of benzene rings is 2. The first kappa shape index (κ1) is 27.2. The monoisotopic (exact) mass is 450 g/mol. The Morgan fingerprint density at radius 2 is 1.09 bits per heavy atom. The van der Waals surface area contributed by atoms with Gasteiger partial charge in [-0.3, -0.25) is 4.79 Å². The van der Waals surface area contributed by atoms with Crippen LogP contribution in [0.3, 0.4) is 0 Å². The van der Waals surface area contributed by atoms with Crippen molar-refractivity contribution in [2.24, 2.45) is 0 Å². The van der Waals surface area contributed by atoms with Crippen molar-refractivity contribution in [1.29, 1.82) is 0 Å². The molecular formula is C31H46O2. The van der Waals surface area contributed by atoms with Crippen LogP contribution in [0.5, 0.6) is 5.75 Å². The Labute approximate surface area is 203 Å². The summed E-state index contributed by atoms with van der Waals surface area (Å²) in [6.07, 6.45) is 1.04. The molecule has 0 aliphatic heterocycles. The second-order valence-corrected chi connectivity index (χ2v) is 13.6. The number of hydrogen-bond donors (Lipinski definition) is 0. The Bertz CT molecular complexity index is 984. The van der Waals surface area contributed by atoms with Crippen LogP contribution in [0.2, 0.25) is 0 Å². The number of aryl methyl sites for hydroxylation is 1. The van der Waals surface area contributed by atoms with Crippen LogP contribution < -0.4 is 4.74 Å². The van der Waals surface area contributed by atoms with Crippen LogP contribution in [-0.4, -0.2) is 5.97 Å². The van der Waals surface area contributed by atoms with Crippen molar-refractivity contribution < 1.29 is 9.53 Å². The van der Waals surface area contributed by atoms with E-state index in [4.69, 9.17) is 4.74 Å². The minimum atomic E-state index is -0.177. The Kier molecular flexibility index (Phi) is 7.63. The summed E-state index contributed by atoms with van der Waals surface area (Å²) in [7, 11) is 0. The fourth-order valence-corrected chi connectivity index (χ4v) is 4.04. The third-order valence-corrected chi connectivity index (χ3v) is 6.26. The summed E-state index contributed by atoms with van der Waals surface area (Å²) in [5.41, 5.74) is 6.24. The average Bonchev–Trinajstić information content (AvgIpc) is 2.63. The van der Waals surface area contributed by atoms with Crippen molar-refractivity contribution in [1.82, 2.24) is 0 Å². The van der Waals surface area contributed by atoms with Crippen molar-refractivity contribution >= 4 is 5.97 Å². The Hall–Kier alpha value is -2.09. The molecule has 0 aliphatic rings. The highest BCUT2D eigenvalue weighted by Crippen LogP contribution is 2.36. The van der Waals surface area contributed by atoms with Gasteiger partial charge in [0.05, 0.1) is 0 Å². The molecule has 182 valence electrons. The van der Waals surface area contributed by atoms with Gasteiger partial charge in [0.2, 0.25) is 0 Å². The highest BCUT2D eigenvalue weighted by atomic mass is 16.5. The van der Waals surface area contributed by atoms with Gasteiger partial charge in [0.1, 0.15) is 5.75 Å². The maximum atomic E-state index is 12.9. The largest absolute Gasteiger partial charge is 0.426 e. The first-order chi connectivity index (χ1) is 14.8. The summed E-state index contributed by atoms with van der Waals surface area (Å²) in [5.74, 6) is 0.503. The minimum absolute atomic E-state index is 0.0166. The summed E-state index contributed by atoms with van der Waals surface area (Å²) in [5, 5.41) is 0. The molecule has 2 heteroatoms. The predicted octanol–water partition coefficient (Wildman–Crippen LogP) is 8.41. The highest BCUT2D eigenvalue weighted by molar-refractivity contribution is 5.73. The van der Waals surface area contributed by atoms with Gasteiger partial charge < -0.3 is 4.74 Å². The van der Waals surface area contributed by atoms with E-state index in [2.05, 4.69) is 113 Å². The van der Waals surface area contributed by atoms with E-state index in [9.17, 15) is 4.79 Å². The number of esters is 1. The zero-order valence-electron chi connectivity index (χ0n) is 23.2. The van der Waals surface area contributed by atoms with E-state index in [0.29, 0.717) is 18.6 Å². The molecule has 0 amide bonds. The SMILES string of the molecule is CC(C)(C)c1ccc(CCC(=O)Oc2ccc(C(C)(C)C)cc2C(C)(C)C)c(C(C)(C)C)c1. The number of rotatable bonds is 4. The molecule has 0 aliphatic carbocycles. The zero-order valence-corrected chi connectivity index (χ0v) is 23.2. The van der Waals surface area contributed by atoms with Crippen LogP contribution in [0.25, 0.3) is 0 Å². The summed E-state index contributed by atoms with van der Waals surface area (Å²) < 4.78 is 5.93. The lowest BCUT2D eigenvalue weighted by Gasteiger charge is -2.28. The maximum Gasteiger partial charge on any atom is 0.311 e. The van der Waals surface area contributed by atoms with Gasteiger partial charge in [-0.15, -0.1) is 0 Å². The van der Waals surface area contributed by atoms with Gasteiger partial charge in [0.25, 0.3) is 0 Å². The van der Waals surface area contributed by atoms with E-state index in [1.54, 1.807) is 0 Å². The molecule has 0 aromatic heterocycles. The molecule has 0 fully saturated rings. The predicted molar refractivity (Wildman–Crippen MR) is 142 cm³/mol. The van der Waals surface area contributed by atoms with Crippen LogP contribution in [0.1, 0.15) is 117 Å². The molecule has 0 saturated carbocycles.